The molecule has 2 aliphatic rings. The first-order chi connectivity index (χ1) is 5.29. The lowest BCUT2D eigenvalue weighted by atomic mass is 9.94. The summed E-state index contributed by atoms with van der Waals surface area (Å²) in [4.78, 5) is 22.0. The summed E-state index contributed by atoms with van der Waals surface area (Å²) < 4.78 is 0. The van der Waals surface area contributed by atoms with Crippen LogP contribution in [0.5, 0.6) is 0 Å². The molecule has 0 aromatic heterocycles. The number of fused-ring (bicyclic) bond motifs is 1. The van der Waals surface area contributed by atoms with Crippen LogP contribution in [0, 0.1) is 5.92 Å². The van der Waals surface area contributed by atoms with Gasteiger partial charge >= 0.3 is 0 Å². The van der Waals surface area contributed by atoms with Gasteiger partial charge in [-0.2, -0.15) is 0 Å². The normalized spacial score (nSPS) is 28.0. The smallest absolute Gasteiger partial charge is 0.254 e. The van der Waals surface area contributed by atoms with E-state index in [0.29, 0.717) is 12.0 Å². The second-order valence-electron chi connectivity index (χ2n) is 2.66. The monoisotopic (exact) mass is 149 g/mol. The third-order valence-electron chi connectivity index (χ3n) is 1.97. The summed E-state index contributed by atoms with van der Waals surface area (Å²) in [5, 5.41) is 2.27. The van der Waals surface area contributed by atoms with E-state index in [1.807, 2.05) is 12.2 Å². The molecule has 1 saturated heterocycles. The third-order valence-corrected chi connectivity index (χ3v) is 1.97. The zero-order valence-corrected chi connectivity index (χ0v) is 5.83. The van der Waals surface area contributed by atoms with Crippen molar-refractivity contribution >= 4 is 11.8 Å². The Labute approximate surface area is 63.8 Å². The van der Waals surface area contributed by atoms with Crippen LogP contribution >= 0.6 is 0 Å². The fourth-order valence-corrected chi connectivity index (χ4v) is 1.38. The van der Waals surface area contributed by atoms with Gasteiger partial charge in [-0.25, -0.2) is 0 Å². The number of imide groups is 1. The average molecular weight is 149 g/mol. The van der Waals surface area contributed by atoms with Gasteiger partial charge in [0.05, 0.1) is 5.92 Å². The highest BCUT2D eigenvalue weighted by molar-refractivity contribution is 6.15. The van der Waals surface area contributed by atoms with Crippen molar-refractivity contribution in [2.45, 2.75) is 6.42 Å². The van der Waals surface area contributed by atoms with Crippen LogP contribution in [0.3, 0.4) is 0 Å². The zero-order chi connectivity index (χ0) is 7.84. The van der Waals surface area contributed by atoms with Crippen molar-refractivity contribution in [2.75, 3.05) is 0 Å². The number of amides is 2. The summed E-state index contributed by atoms with van der Waals surface area (Å²) in [5.41, 5.74) is 0.609. The minimum absolute atomic E-state index is 0.161. The quantitative estimate of drug-likeness (QED) is 0.498. The van der Waals surface area contributed by atoms with Crippen LogP contribution in [-0.2, 0) is 9.59 Å². The Bertz CT molecular complexity index is 288. The standard InChI is InChI=1S/C8H7NO2/c10-7-5-3-1-2-4-6(5)8(11)9-7/h1-3,6H,4H2,(H,9,10,11)/t6-/m1/s1. The van der Waals surface area contributed by atoms with Gasteiger partial charge in [0.25, 0.3) is 5.91 Å². The maximum Gasteiger partial charge on any atom is 0.254 e. The summed E-state index contributed by atoms with van der Waals surface area (Å²) in [6.45, 7) is 0. The van der Waals surface area contributed by atoms with E-state index < -0.39 is 0 Å². The molecule has 0 aromatic rings. The molecule has 3 nitrogen and oxygen atoms in total. The molecule has 1 aliphatic heterocycles. The number of carbonyl (C=O) groups is 2. The van der Waals surface area contributed by atoms with Crippen molar-refractivity contribution in [1.29, 1.82) is 0 Å². The minimum atomic E-state index is -0.232. The number of rotatable bonds is 0. The Morgan fingerprint density at radius 3 is 3.00 bits per heavy atom. The molecule has 56 valence electrons. The predicted molar refractivity (Wildman–Crippen MR) is 38.5 cm³/mol. The Hall–Kier alpha value is -1.38. The van der Waals surface area contributed by atoms with E-state index in [4.69, 9.17) is 0 Å². The lowest BCUT2D eigenvalue weighted by Crippen LogP contribution is -2.21. The Kier molecular flexibility index (Phi) is 1.18. The van der Waals surface area contributed by atoms with Crippen molar-refractivity contribution < 1.29 is 9.59 Å². The molecular formula is C8H7NO2. The largest absolute Gasteiger partial charge is 0.292 e. The Balaban J connectivity index is 2.42. The van der Waals surface area contributed by atoms with Crippen molar-refractivity contribution in [3.8, 4) is 0 Å². The highest BCUT2D eigenvalue weighted by Crippen LogP contribution is 2.25. The summed E-state index contributed by atoms with van der Waals surface area (Å²) in [6.07, 6.45) is 6.06. The molecular weight excluding hydrogens is 142 g/mol. The van der Waals surface area contributed by atoms with Gasteiger partial charge in [-0.1, -0.05) is 18.2 Å². The van der Waals surface area contributed by atoms with Gasteiger partial charge < -0.3 is 0 Å². The lowest BCUT2D eigenvalue weighted by molar-refractivity contribution is -0.125. The third kappa shape index (κ3) is 0.808. The molecule has 0 aromatic carbocycles. The fourth-order valence-electron chi connectivity index (χ4n) is 1.38. The Morgan fingerprint density at radius 1 is 1.45 bits per heavy atom. The van der Waals surface area contributed by atoms with E-state index in [1.54, 1.807) is 6.08 Å². The van der Waals surface area contributed by atoms with Crippen molar-refractivity contribution in [1.82, 2.24) is 5.32 Å². The molecule has 2 amide bonds. The molecule has 0 saturated carbocycles. The van der Waals surface area contributed by atoms with Crippen LogP contribution in [0.2, 0.25) is 0 Å². The van der Waals surface area contributed by atoms with Crippen LogP contribution in [-0.4, -0.2) is 11.8 Å². The molecule has 11 heavy (non-hydrogen) atoms. The molecule has 1 fully saturated rings. The van der Waals surface area contributed by atoms with Gasteiger partial charge in [-0.15, -0.1) is 0 Å². The first-order valence-electron chi connectivity index (χ1n) is 3.51. The van der Waals surface area contributed by atoms with Crippen molar-refractivity contribution in [3.05, 3.63) is 23.8 Å². The van der Waals surface area contributed by atoms with E-state index in [-0.39, 0.29) is 17.7 Å². The van der Waals surface area contributed by atoms with Crippen molar-refractivity contribution in [3.63, 3.8) is 0 Å². The van der Waals surface area contributed by atoms with Crippen LogP contribution < -0.4 is 5.32 Å². The molecule has 0 bridgehead atoms. The first-order valence-corrected chi connectivity index (χ1v) is 3.51. The minimum Gasteiger partial charge on any atom is -0.292 e. The summed E-state index contributed by atoms with van der Waals surface area (Å²) in [5.74, 6) is -0.609. The first kappa shape index (κ1) is 6.34. The maximum atomic E-state index is 11.0. The van der Waals surface area contributed by atoms with Gasteiger partial charge in [-0.05, 0) is 6.42 Å². The van der Waals surface area contributed by atoms with E-state index in [2.05, 4.69) is 5.32 Å². The van der Waals surface area contributed by atoms with Crippen molar-refractivity contribution in [2.24, 2.45) is 5.92 Å². The number of hydrogen-bond acceptors (Lipinski definition) is 2. The summed E-state index contributed by atoms with van der Waals surface area (Å²) >= 11 is 0. The number of nitrogens with one attached hydrogen (secondary N) is 1. The topological polar surface area (TPSA) is 46.2 Å². The van der Waals surface area contributed by atoms with Crippen LogP contribution in [0.25, 0.3) is 0 Å². The van der Waals surface area contributed by atoms with Gasteiger partial charge in [0.2, 0.25) is 5.91 Å². The molecule has 0 radical (unpaired) electrons. The summed E-state index contributed by atoms with van der Waals surface area (Å²) in [6, 6.07) is 0. The van der Waals surface area contributed by atoms with Crippen LogP contribution in [0.15, 0.2) is 23.8 Å². The second-order valence-corrected chi connectivity index (χ2v) is 2.66. The molecule has 0 unspecified atom stereocenters. The molecule has 1 heterocycles. The predicted octanol–water partition coefficient (Wildman–Crippen LogP) is 0.145. The molecule has 2 rings (SSSR count). The number of carbonyl (C=O) groups excluding carboxylic acids is 2. The highest BCUT2D eigenvalue weighted by atomic mass is 16.2. The maximum absolute atomic E-state index is 11.0. The van der Waals surface area contributed by atoms with Gasteiger partial charge in [0, 0.05) is 5.57 Å². The van der Waals surface area contributed by atoms with Crippen LogP contribution in [0.1, 0.15) is 6.42 Å². The summed E-state index contributed by atoms with van der Waals surface area (Å²) in [7, 11) is 0. The second kappa shape index (κ2) is 2.05. The van der Waals surface area contributed by atoms with Gasteiger partial charge in [0.15, 0.2) is 0 Å². The van der Waals surface area contributed by atoms with E-state index >= 15 is 0 Å². The van der Waals surface area contributed by atoms with E-state index in [1.165, 1.54) is 0 Å². The molecule has 3 heteroatoms. The van der Waals surface area contributed by atoms with Gasteiger partial charge in [-0.3, -0.25) is 14.9 Å². The molecule has 1 N–H and O–H groups in total. The van der Waals surface area contributed by atoms with E-state index in [0.717, 1.165) is 0 Å². The molecule has 1 aliphatic carbocycles. The SMILES string of the molecule is O=C1NC(=O)[C@@H]2CC=CC=C12. The lowest BCUT2D eigenvalue weighted by Gasteiger charge is -2.06. The highest BCUT2D eigenvalue weighted by Gasteiger charge is 2.35. The molecule has 0 spiro atoms. The zero-order valence-electron chi connectivity index (χ0n) is 5.83. The fraction of sp³-hybridized carbons (Fsp3) is 0.250. The average Bonchev–Trinajstić information content (AvgIpc) is 2.30. The van der Waals surface area contributed by atoms with E-state index in [9.17, 15) is 9.59 Å². The number of hydrogen-bond donors (Lipinski definition) is 1. The van der Waals surface area contributed by atoms with Crippen LogP contribution in [0.4, 0.5) is 0 Å². The molecule has 1 atom stereocenters. The number of allylic oxidation sites excluding steroid dienone is 3. The Morgan fingerprint density at radius 2 is 2.27 bits per heavy atom. The van der Waals surface area contributed by atoms with Gasteiger partial charge in [0.1, 0.15) is 0 Å².